The zero-order chi connectivity index (χ0) is 21.1. The molecule has 30 heavy (non-hydrogen) atoms. The van der Waals surface area contributed by atoms with E-state index in [0.717, 1.165) is 17.6 Å². The van der Waals surface area contributed by atoms with Gasteiger partial charge in [0.05, 0.1) is 0 Å². The molecule has 4 aromatic carbocycles. The molecule has 0 spiro atoms. The fourth-order valence-corrected chi connectivity index (χ4v) is 31.3. The quantitative estimate of drug-likeness (QED) is 0.284. The van der Waals surface area contributed by atoms with E-state index >= 15 is 0 Å². The minimum atomic E-state index is -2.37. The molecule has 0 radical (unpaired) electrons. The van der Waals surface area contributed by atoms with Crippen LogP contribution in [0, 0.1) is 23.3 Å². The third kappa shape index (κ3) is 4.70. The summed E-state index contributed by atoms with van der Waals surface area (Å²) in [5.41, 5.74) is 0. The van der Waals surface area contributed by atoms with E-state index in [1.165, 1.54) is 48.5 Å². The van der Waals surface area contributed by atoms with Gasteiger partial charge in [-0.05, 0) is 0 Å². The van der Waals surface area contributed by atoms with Crippen LogP contribution in [-0.4, -0.2) is 23.7 Å². The van der Waals surface area contributed by atoms with E-state index in [-0.39, 0.29) is 23.3 Å². The summed E-state index contributed by atoms with van der Waals surface area (Å²) in [5, 5.41) is 0. The average molecular weight is 526 g/mol. The van der Waals surface area contributed by atoms with E-state index in [2.05, 4.69) is 0 Å². The van der Waals surface area contributed by atoms with Gasteiger partial charge >= 0.3 is 179 Å². The maximum atomic E-state index is 13.6. The predicted octanol–water partition coefficient (Wildman–Crippen LogP) is 3.24. The van der Waals surface area contributed by atoms with Crippen molar-refractivity contribution in [3.05, 3.63) is 120 Å². The molecule has 0 bridgehead atoms. The Morgan fingerprint density at radius 1 is 0.300 bits per heavy atom. The molecular weight excluding hydrogens is 509 g/mol. The van der Waals surface area contributed by atoms with Crippen LogP contribution in [-0.2, 0) is 0 Å². The molecule has 0 fully saturated rings. The van der Waals surface area contributed by atoms with Crippen molar-refractivity contribution in [2.45, 2.75) is 0 Å². The molecule has 0 aliphatic rings. The van der Waals surface area contributed by atoms with Gasteiger partial charge in [0, 0.05) is 0 Å². The Morgan fingerprint density at radius 3 is 0.633 bits per heavy atom. The van der Waals surface area contributed by atoms with Crippen molar-refractivity contribution in [2.24, 2.45) is 0 Å². The Labute approximate surface area is 178 Å². The van der Waals surface area contributed by atoms with Gasteiger partial charge in [-0.2, -0.15) is 0 Å². The van der Waals surface area contributed by atoms with E-state index in [0.29, 0.717) is 0 Å². The van der Waals surface area contributed by atoms with Crippen LogP contribution in [0.25, 0.3) is 0 Å². The number of hydrogen-bond donors (Lipinski definition) is 0. The van der Waals surface area contributed by atoms with Gasteiger partial charge in [-0.1, -0.05) is 0 Å². The summed E-state index contributed by atoms with van der Waals surface area (Å²) in [6.07, 6.45) is 0. The van der Waals surface area contributed by atoms with Crippen LogP contribution in [0.4, 0.5) is 17.6 Å². The Balaban J connectivity index is 2.08. The molecule has 0 N–H and O–H groups in total. The SMILES string of the molecule is Fc1cc[c]([Ge]([c]2ccc(F)cc2)=[Ge]([c]2ccc(F)cc2)[c]2ccc(F)cc2)cc1. The molecule has 0 nitrogen and oxygen atoms in total. The minimum absolute atomic E-state index is 0.319. The molecule has 0 unspecified atom stereocenters. The second-order valence-corrected chi connectivity index (χ2v) is 25.7. The molecule has 0 aliphatic carbocycles. The molecular formula is C24H16F4Ge2. The standard InChI is InChI=1S/C24H16F4Ge2/c25-17-1-9-21(10-2-17)29(22-11-3-18(26)4-12-22)30(23-13-5-19(27)6-14-23)24-15-7-20(28)8-16-24/h1-16H. The summed E-state index contributed by atoms with van der Waals surface area (Å²) in [6, 6.07) is 25.9. The fourth-order valence-electron chi connectivity index (χ4n) is 3.38. The fraction of sp³-hybridized carbons (Fsp3) is 0. The van der Waals surface area contributed by atoms with Gasteiger partial charge in [-0.25, -0.2) is 0 Å². The number of hydrogen-bond acceptors (Lipinski definition) is 0. The van der Waals surface area contributed by atoms with E-state index in [4.69, 9.17) is 0 Å². The summed E-state index contributed by atoms with van der Waals surface area (Å²) < 4.78 is 58.8. The molecule has 0 saturated carbocycles. The predicted molar refractivity (Wildman–Crippen MR) is 116 cm³/mol. The normalized spacial score (nSPS) is 10.7. The van der Waals surface area contributed by atoms with Gasteiger partial charge < -0.3 is 0 Å². The second-order valence-electron chi connectivity index (χ2n) is 6.78. The van der Waals surface area contributed by atoms with Gasteiger partial charge in [0.1, 0.15) is 0 Å². The molecule has 0 heterocycles. The Bertz CT molecular complexity index is 990. The third-order valence-corrected chi connectivity index (χ3v) is 31.5. The van der Waals surface area contributed by atoms with Crippen molar-refractivity contribution in [1.29, 1.82) is 0 Å². The molecule has 0 saturated heterocycles. The first-order chi connectivity index (χ1) is 14.5. The Hall–Kier alpha value is -2.31. The summed E-state index contributed by atoms with van der Waals surface area (Å²) in [5.74, 6) is -1.28. The van der Waals surface area contributed by atoms with Crippen LogP contribution >= 0.6 is 0 Å². The molecule has 0 aromatic heterocycles. The van der Waals surface area contributed by atoms with Crippen molar-refractivity contribution >= 4 is 41.3 Å². The second kappa shape index (κ2) is 9.23. The third-order valence-electron chi connectivity index (χ3n) is 4.78. The van der Waals surface area contributed by atoms with Crippen LogP contribution in [0.15, 0.2) is 97.1 Å². The molecule has 0 atom stereocenters. The Morgan fingerprint density at radius 2 is 0.467 bits per heavy atom. The summed E-state index contributed by atoms with van der Waals surface area (Å²) in [4.78, 5) is 0. The number of benzene rings is 4. The number of rotatable bonds is 4. The average Bonchev–Trinajstić information content (AvgIpc) is 2.75. The van der Waals surface area contributed by atoms with Crippen LogP contribution in [0.1, 0.15) is 0 Å². The van der Waals surface area contributed by atoms with E-state index in [1.54, 1.807) is 48.5 Å². The van der Waals surface area contributed by atoms with Crippen molar-refractivity contribution < 1.29 is 17.6 Å². The van der Waals surface area contributed by atoms with Crippen LogP contribution < -0.4 is 17.6 Å². The molecule has 4 aromatic rings. The first-order valence-electron chi connectivity index (χ1n) is 9.29. The molecule has 4 rings (SSSR count). The number of halogens is 4. The zero-order valence-corrected chi connectivity index (χ0v) is 19.9. The topological polar surface area (TPSA) is 0 Å². The van der Waals surface area contributed by atoms with Crippen molar-refractivity contribution in [3.63, 3.8) is 0 Å². The molecule has 0 aliphatic heterocycles. The summed E-state index contributed by atoms with van der Waals surface area (Å²) >= 11 is -4.74. The van der Waals surface area contributed by atoms with Crippen molar-refractivity contribution in [1.82, 2.24) is 0 Å². The van der Waals surface area contributed by atoms with Crippen LogP contribution in [0.5, 0.6) is 0 Å². The van der Waals surface area contributed by atoms with Gasteiger partial charge in [-0.3, -0.25) is 0 Å². The monoisotopic (exact) mass is 528 g/mol. The van der Waals surface area contributed by atoms with Crippen LogP contribution in [0.2, 0.25) is 0 Å². The summed E-state index contributed by atoms with van der Waals surface area (Å²) in [7, 11) is 0. The maximum absolute atomic E-state index is 13.6. The van der Waals surface area contributed by atoms with Crippen LogP contribution in [0.3, 0.4) is 0 Å². The summed E-state index contributed by atoms with van der Waals surface area (Å²) in [6.45, 7) is 0. The Kier molecular flexibility index (Phi) is 6.44. The van der Waals surface area contributed by atoms with Gasteiger partial charge in [0.25, 0.3) is 0 Å². The van der Waals surface area contributed by atoms with Crippen molar-refractivity contribution in [3.8, 4) is 0 Å². The zero-order valence-electron chi connectivity index (χ0n) is 15.7. The van der Waals surface area contributed by atoms with Gasteiger partial charge in [-0.15, -0.1) is 0 Å². The first kappa shape index (κ1) is 20.9. The van der Waals surface area contributed by atoms with Gasteiger partial charge in [0.2, 0.25) is 0 Å². The molecule has 0 amide bonds. The molecule has 148 valence electrons. The molecule has 6 heteroatoms. The van der Waals surface area contributed by atoms with Crippen molar-refractivity contribution in [2.75, 3.05) is 0 Å². The van der Waals surface area contributed by atoms with E-state index in [9.17, 15) is 17.6 Å². The van der Waals surface area contributed by atoms with E-state index in [1.807, 2.05) is 0 Å². The van der Waals surface area contributed by atoms with E-state index < -0.39 is 23.7 Å². The first-order valence-corrected chi connectivity index (χ1v) is 20.0. The van der Waals surface area contributed by atoms with Gasteiger partial charge in [0.15, 0.2) is 0 Å².